The van der Waals surface area contributed by atoms with Crippen LogP contribution in [0.15, 0.2) is 60.7 Å². The second-order valence-corrected chi connectivity index (χ2v) is 7.54. The molecule has 132 valence electrons. The van der Waals surface area contributed by atoms with Crippen molar-refractivity contribution >= 4 is 27.3 Å². The SMILES string of the molecule is Cc1cc(C)c(-c2c(C)nc3c4ccccc4c4ccccc4n23)c(C)c1. The van der Waals surface area contributed by atoms with Gasteiger partial charge in [-0.25, -0.2) is 4.98 Å². The molecule has 0 aliphatic carbocycles. The highest BCUT2D eigenvalue weighted by Gasteiger charge is 2.19. The van der Waals surface area contributed by atoms with Crippen LogP contribution in [0.4, 0.5) is 0 Å². The third-order valence-corrected chi connectivity index (χ3v) is 5.57. The topological polar surface area (TPSA) is 17.3 Å². The minimum absolute atomic E-state index is 1.04. The van der Waals surface area contributed by atoms with Crippen molar-refractivity contribution in [3.05, 3.63) is 83.0 Å². The maximum absolute atomic E-state index is 5.04. The molecule has 0 saturated carbocycles. The first-order valence-electron chi connectivity index (χ1n) is 9.43. The second kappa shape index (κ2) is 5.68. The summed E-state index contributed by atoms with van der Waals surface area (Å²) in [6.07, 6.45) is 0. The van der Waals surface area contributed by atoms with Crippen molar-refractivity contribution in [1.82, 2.24) is 9.38 Å². The Labute approximate surface area is 159 Å². The molecule has 0 unspecified atom stereocenters. The lowest BCUT2D eigenvalue weighted by Gasteiger charge is -2.15. The third-order valence-electron chi connectivity index (χ3n) is 5.57. The maximum Gasteiger partial charge on any atom is 0.145 e. The number of hydrogen-bond donors (Lipinski definition) is 0. The molecule has 3 aromatic carbocycles. The lowest BCUT2D eigenvalue weighted by atomic mass is 9.96. The molecule has 0 radical (unpaired) electrons. The zero-order valence-corrected chi connectivity index (χ0v) is 16.2. The van der Waals surface area contributed by atoms with Gasteiger partial charge in [-0.15, -0.1) is 0 Å². The molecule has 0 atom stereocenters. The van der Waals surface area contributed by atoms with Crippen LogP contribution in [0.25, 0.3) is 38.6 Å². The standard InChI is InChI=1S/C25H22N2/c1-15-13-16(2)23(17(3)14-15)24-18(4)26-25-21-11-6-5-9-19(21)20-10-7-8-12-22(20)27(24)25/h5-14H,1-4H3. The van der Waals surface area contributed by atoms with Gasteiger partial charge in [0.15, 0.2) is 0 Å². The van der Waals surface area contributed by atoms with E-state index in [-0.39, 0.29) is 0 Å². The van der Waals surface area contributed by atoms with Gasteiger partial charge >= 0.3 is 0 Å². The van der Waals surface area contributed by atoms with Crippen molar-refractivity contribution in [3.8, 4) is 11.3 Å². The highest BCUT2D eigenvalue weighted by atomic mass is 15.0. The number of pyridine rings is 1. The Balaban J connectivity index is 2.07. The number of rotatable bonds is 1. The van der Waals surface area contributed by atoms with E-state index in [0.717, 1.165) is 11.3 Å². The van der Waals surface area contributed by atoms with Gasteiger partial charge < -0.3 is 0 Å². The molecule has 0 fully saturated rings. The van der Waals surface area contributed by atoms with Crippen LogP contribution in [-0.2, 0) is 0 Å². The van der Waals surface area contributed by atoms with Gasteiger partial charge in [-0.2, -0.15) is 0 Å². The molecule has 2 heteroatoms. The minimum Gasteiger partial charge on any atom is -0.291 e. The molecule has 0 N–H and O–H groups in total. The van der Waals surface area contributed by atoms with E-state index in [4.69, 9.17) is 4.98 Å². The van der Waals surface area contributed by atoms with Gasteiger partial charge in [-0.05, 0) is 50.3 Å². The van der Waals surface area contributed by atoms with Gasteiger partial charge in [0.05, 0.1) is 16.9 Å². The normalized spacial score (nSPS) is 11.7. The number of imidazole rings is 1. The number of para-hydroxylation sites is 1. The highest BCUT2D eigenvalue weighted by Crippen LogP contribution is 2.37. The zero-order valence-electron chi connectivity index (χ0n) is 16.2. The summed E-state index contributed by atoms with van der Waals surface area (Å²) in [6.45, 7) is 8.70. The quantitative estimate of drug-likeness (QED) is 0.314. The summed E-state index contributed by atoms with van der Waals surface area (Å²) in [5.74, 6) is 0. The van der Waals surface area contributed by atoms with E-state index in [1.807, 2.05) is 0 Å². The van der Waals surface area contributed by atoms with Crippen LogP contribution in [0, 0.1) is 27.7 Å². The smallest absolute Gasteiger partial charge is 0.145 e. The molecule has 0 spiro atoms. The number of hydrogen-bond acceptors (Lipinski definition) is 1. The van der Waals surface area contributed by atoms with Gasteiger partial charge in [-0.1, -0.05) is 60.2 Å². The van der Waals surface area contributed by atoms with E-state index in [1.165, 1.54) is 49.6 Å². The molecule has 5 rings (SSSR count). The molecular formula is C25H22N2. The fourth-order valence-corrected chi connectivity index (χ4v) is 4.60. The zero-order chi connectivity index (χ0) is 18.7. The van der Waals surface area contributed by atoms with E-state index < -0.39 is 0 Å². The van der Waals surface area contributed by atoms with Crippen LogP contribution >= 0.6 is 0 Å². The molecule has 2 nitrogen and oxygen atoms in total. The summed E-state index contributed by atoms with van der Waals surface area (Å²) < 4.78 is 2.36. The second-order valence-electron chi connectivity index (χ2n) is 7.54. The Hall–Kier alpha value is -3.13. The Morgan fingerprint density at radius 3 is 2.00 bits per heavy atom. The monoisotopic (exact) mass is 350 g/mol. The van der Waals surface area contributed by atoms with E-state index in [9.17, 15) is 0 Å². The average Bonchev–Trinajstić information content (AvgIpc) is 2.99. The number of nitrogens with zero attached hydrogens (tertiary/aromatic N) is 2. The molecule has 5 aromatic rings. The Morgan fingerprint density at radius 2 is 1.30 bits per heavy atom. The molecule has 0 bridgehead atoms. The highest BCUT2D eigenvalue weighted by molar-refractivity contribution is 6.12. The Bertz CT molecular complexity index is 1330. The van der Waals surface area contributed by atoms with E-state index in [2.05, 4.69) is 92.8 Å². The first-order valence-corrected chi connectivity index (χ1v) is 9.43. The van der Waals surface area contributed by atoms with Gasteiger partial charge in [0.1, 0.15) is 5.65 Å². The summed E-state index contributed by atoms with van der Waals surface area (Å²) in [4.78, 5) is 5.04. The van der Waals surface area contributed by atoms with Crippen LogP contribution in [0.2, 0.25) is 0 Å². The molecule has 0 aliphatic rings. The first kappa shape index (κ1) is 16.1. The molecule has 27 heavy (non-hydrogen) atoms. The van der Waals surface area contributed by atoms with Gasteiger partial charge in [0.25, 0.3) is 0 Å². The maximum atomic E-state index is 5.04. The van der Waals surface area contributed by atoms with E-state index >= 15 is 0 Å². The Morgan fingerprint density at radius 1 is 0.704 bits per heavy atom. The predicted molar refractivity (Wildman–Crippen MR) is 115 cm³/mol. The number of fused-ring (bicyclic) bond motifs is 6. The van der Waals surface area contributed by atoms with Crippen molar-refractivity contribution in [2.45, 2.75) is 27.7 Å². The van der Waals surface area contributed by atoms with Gasteiger partial charge in [-0.3, -0.25) is 4.40 Å². The lowest BCUT2D eigenvalue weighted by Crippen LogP contribution is -1.98. The van der Waals surface area contributed by atoms with Crippen molar-refractivity contribution in [2.24, 2.45) is 0 Å². The average molecular weight is 350 g/mol. The summed E-state index contributed by atoms with van der Waals surface area (Å²) in [6, 6.07) is 21.8. The van der Waals surface area contributed by atoms with Crippen LogP contribution in [0.3, 0.4) is 0 Å². The lowest BCUT2D eigenvalue weighted by molar-refractivity contribution is 1.22. The van der Waals surface area contributed by atoms with Crippen molar-refractivity contribution in [2.75, 3.05) is 0 Å². The van der Waals surface area contributed by atoms with Crippen molar-refractivity contribution in [3.63, 3.8) is 0 Å². The van der Waals surface area contributed by atoms with Crippen LogP contribution in [0.5, 0.6) is 0 Å². The summed E-state index contributed by atoms with van der Waals surface area (Å²) in [5.41, 5.74) is 9.73. The van der Waals surface area contributed by atoms with Crippen LogP contribution in [-0.4, -0.2) is 9.38 Å². The van der Waals surface area contributed by atoms with Gasteiger partial charge in [0, 0.05) is 16.3 Å². The molecular weight excluding hydrogens is 328 g/mol. The third kappa shape index (κ3) is 2.23. The van der Waals surface area contributed by atoms with Crippen LogP contribution < -0.4 is 0 Å². The minimum atomic E-state index is 1.04. The fourth-order valence-electron chi connectivity index (χ4n) is 4.60. The molecule has 0 saturated heterocycles. The molecule has 2 aromatic heterocycles. The van der Waals surface area contributed by atoms with Gasteiger partial charge in [0.2, 0.25) is 0 Å². The predicted octanol–water partition coefficient (Wildman–Crippen LogP) is 6.54. The fraction of sp³-hybridized carbons (Fsp3) is 0.160. The van der Waals surface area contributed by atoms with Crippen LogP contribution in [0.1, 0.15) is 22.4 Å². The summed E-state index contributed by atoms with van der Waals surface area (Å²) >= 11 is 0. The van der Waals surface area contributed by atoms with E-state index in [1.54, 1.807) is 0 Å². The number of aromatic nitrogens is 2. The largest absolute Gasteiger partial charge is 0.291 e. The van der Waals surface area contributed by atoms with E-state index in [0.29, 0.717) is 0 Å². The molecule has 0 amide bonds. The summed E-state index contributed by atoms with van der Waals surface area (Å²) in [5, 5.41) is 3.73. The molecule has 2 heterocycles. The first-order chi connectivity index (χ1) is 13.1. The molecule has 0 aliphatic heterocycles. The summed E-state index contributed by atoms with van der Waals surface area (Å²) in [7, 11) is 0. The Kier molecular flexibility index (Phi) is 3.38. The number of benzene rings is 3. The van der Waals surface area contributed by atoms with Crippen molar-refractivity contribution < 1.29 is 0 Å². The van der Waals surface area contributed by atoms with Crippen molar-refractivity contribution in [1.29, 1.82) is 0 Å². The number of aryl methyl sites for hydroxylation is 4.